The number of hydrogen-bond acceptors (Lipinski definition) is 5. The van der Waals surface area contributed by atoms with Crippen LogP contribution in [0.5, 0.6) is 0 Å². The Morgan fingerprint density at radius 3 is 2.94 bits per heavy atom. The molecule has 3 N–H and O–H groups in total. The van der Waals surface area contributed by atoms with Crippen molar-refractivity contribution in [3.8, 4) is 0 Å². The molecule has 0 saturated carbocycles. The summed E-state index contributed by atoms with van der Waals surface area (Å²) >= 11 is 1.15. The summed E-state index contributed by atoms with van der Waals surface area (Å²) in [7, 11) is 0. The number of nitrogens with zero attached hydrogens (tertiary/aromatic N) is 2. The molecular weight excluding hydrogens is 239 g/mol. The zero-order valence-corrected chi connectivity index (χ0v) is 9.96. The molecule has 0 bridgehead atoms. The topological polar surface area (TPSA) is 63.8 Å². The van der Waals surface area contributed by atoms with Crippen molar-refractivity contribution in [2.45, 2.75) is 11.8 Å². The highest BCUT2D eigenvalue weighted by Crippen LogP contribution is 2.26. The molecule has 6 heteroatoms. The first-order chi connectivity index (χ1) is 8.16. The van der Waals surface area contributed by atoms with Crippen molar-refractivity contribution >= 4 is 23.5 Å². The summed E-state index contributed by atoms with van der Waals surface area (Å²) in [5.41, 5.74) is 6.90. The van der Waals surface area contributed by atoms with Crippen LogP contribution in [0.15, 0.2) is 35.6 Å². The molecule has 0 aliphatic heterocycles. The molecule has 0 saturated heterocycles. The summed E-state index contributed by atoms with van der Waals surface area (Å²) in [5.74, 6) is 0.276. The van der Waals surface area contributed by atoms with Crippen LogP contribution >= 0.6 is 11.9 Å². The molecule has 0 spiro atoms. The number of anilines is 2. The number of halogens is 1. The Labute approximate surface area is 103 Å². The Balaban J connectivity index is 2.12. The third-order valence-corrected chi connectivity index (χ3v) is 3.01. The minimum absolute atomic E-state index is 0.348. The molecule has 17 heavy (non-hydrogen) atoms. The van der Waals surface area contributed by atoms with Crippen LogP contribution in [0.25, 0.3) is 0 Å². The molecule has 0 aliphatic rings. The van der Waals surface area contributed by atoms with Gasteiger partial charge in [-0.25, -0.2) is 14.4 Å². The molecule has 2 aromatic rings. The lowest BCUT2D eigenvalue weighted by Crippen LogP contribution is -1.96. The lowest BCUT2D eigenvalue weighted by Gasteiger charge is -2.07. The van der Waals surface area contributed by atoms with Crippen LogP contribution in [0.3, 0.4) is 0 Å². The Bertz CT molecular complexity index is 518. The van der Waals surface area contributed by atoms with E-state index in [1.807, 2.05) is 6.92 Å². The minimum atomic E-state index is -0.348. The van der Waals surface area contributed by atoms with Crippen molar-refractivity contribution in [1.82, 2.24) is 9.97 Å². The predicted molar refractivity (Wildman–Crippen MR) is 67.1 cm³/mol. The van der Waals surface area contributed by atoms with Crippen molar-refractivity contribution in [2.24, 2.45) is 0 Å². The first kappa shape index (κ1) is 11.7. The van der Waals surface area contributed by atoms with Crippen LogP contribution in [0.1, 0.15) is 5.56 Å². The molecule has 4 nitrogen and oxygen atoms in total. The lowest BCUT2D eigenvalue weighted by atomic mass is 10.2. The summed E-state index contributed by atoms with van der Waals surface area (Å²) in [4.78, 5) is 8.25. The molecule has 0 fully saturated rings. The van der Waals surface area contributed by atoms with Gasteiger partial charge in [0.25, 0.3) is 0 Å². The number of hydrogen-bond donors (Lipinski definition) is 2. The SMILES string of the molecule is Cc1cc(SNc2ccncn2)c(F)cc1N. The normalized spacial score (nSPS) is 10.2. The zero-order chi connectivity index (χ0) is 12.3. The molecular formula is C11H11FN4S. The highest BCUT2D eigenvalue weighted by atomic mass is 32.2. The third kappa shape index (κ3) is 2.85. The maximum atomic E-state index is 13.6. The van der Waals surface area contributed by atoms with E-state index in [1.54, 1.807) is 18.3 Å². The molecule has 0 unspecified atom stereocenters. The van der Waals surface area contributed by atoms with E-state index in [2.05, 4.69) is 14.7 Å². The van der Waals surface area contributed by atoms with Crippen LogP contribution in [-0.2, 0) is 0 Å². The summed E-state index contributed by atoms with van der Waals surface area (Å²) in [6.45, 7) is 1.84. The van der Waals surface area contributed by atoms with E-state index in [-0.39, 0.29) is 5.82 Å². The van der Waals surface area contributed by atoms with Gasteiger partial charge in [-0.05, 0) is 42.6 Å². The van der Waals surface area contributed by atoms with Gasteiger partial charge in [0.15, 0.2) is 0 Å². The lowest BCUT2D eigenvalue weighted by molar-refractivity contribution is 0.602. The standard InChI is InChI=1S/C11H11FN4S/c1-7-4-10(8(12)5-9(7)13)17-16-11-2-3-14-6-15-11/h2-6H,13H2,1H3,(H,14,15,16). The van der Waals surface area contributed by atoms with E-state index >= 15 is 0 Å². The average Bonchev–Trinajstić information content (AvgIpc) is 2.33. The second kappa shape index (κ2) is 5.01. The zero-order valence-electron chi connectivity index (χ0n) is 9.14. The molecule has 88 valence electrons. The monoisotopic (exact) mass is 250 g/mol. The second-order valence-electron chi connectivity index (χ2n) is 3.44. The third-order valence-electron chi connectivity index (χ3n) is 2.17. The molecule has 2 rings (SSSR count). The largest absolute Gasteiger partial charge is 0.398 e. The minimum Gasteiger partial charge on any atom is -0.398 e. The molecule has 0 radical (unpaired) electrons. The highest BCUT2D eigenvalue weighted by molar-refractivity contribution is 8.00. The van der Waals surface area contributed by atoms with Gasteiger partial charge in [-0.1, -0.05) is 0 Å². The Morgan fingerprint density at radius 1 is 1.41 bits per heavy atom. The van der Waals surface area contributed by atoms with Gasteiger partial charge in [0.2, 0.25) is 0 Å². The van der Waals surface area contributed by atoms with Crippen LogP contribution in [0.4, 0.5) is 15.9 Å². The van der Waals surface area contributed by atoms with Crippen molar-refractivity contribution in [2.75, 3.05) is 10.5 Å². The number of rotatable bonds is 3. The van der Waals surface area contributed by atoms with Gasteiger partial charge >= 0.3 is 0 Å². The maximum Gasteiger partial charge on any atom is 0.140 e. The van der Waals surface area contributed by atoms with Gasteiger partial charge in [-0.3, -0.25) is 0 Å². The molecule has 1 heterocycles. The second-order valence-corrected chi connectivity index (χ2v) is 4.29. The quantitative estimate of drug-likeness (QED) is 0.647. The first-order valence-corrected chi connectivity index (χ1v) is 5.73. The fraction of sp³-hybridized carbons (Fsp3) is 0.0909. The molecule has 0 atom stereocenters. The van der Waals surface area contributed by atoms with Crippen LogP contribution < -0.4 is 10.5 Å². The number of aryl methyl sites for hydroxylation is 1. The Morgan fingerprint density at radius 2 is 2.24 bits per heavy atom. The fourth-order valence-corrected chi connectivity index (χ4v) is 1.93. The number of nitrogens with two attached hydrogens (primary N) is 1. The van der Waals surface area contributed by atoms with Crippen molar-refractivity contribution in [3.05, 3.63) is 42.1 Å². The average molecular weight is 250 g/mol. The number of nitrogen functional groups attached to an aromatic ring is 1. The first-order valence-electron chi connectivity index (χ1n) is 4.91. The van der Waals surface area contributed by atoms with Gasteiger partial charge in [0.1, 0.15) is 18.0 Å². The molecule has 1 aromatic carbocycles. The summed E-state index contributed by atoms with van der Waals surface area (Å²) in [6, 6.07) is 4.72. The van der Waals surface area contributed by atoms with Gasteiger partial charge in [-0.2, -0.15) is 0 Å². The van der Waals surface area contributed by atoms with E-state index in [0.717, 1.165) is 17.5 Å². The van der Waals surface area contributed by atoms with Crippen LogP contribution in [-0.4, -0.2) is 9.97 Å². The van der Waals surface area contributed by atoms with Crippen molar-refractivity contribution in [1.29, 1.82) is 0 Å². The van der Waals surface area contributed by atoms with Gasteiger partial charge < -0.3 is 10.5 Å². The van der Waals surface area contributed by atoms with Crippen LogP contribution in [0.2, 0.25) is 0 Å². The number of aromatic nitrogens is 2. The van der Waals surface area contributed by atoms with Gasteiger partial charge in [0, 0.05) is 11.9 Å². The summed E-state index contributed by atoms with van der Waals surface area (Å²) < 4.78 is 16.5. The Kier molecular flexibility index (Phi) is 3.43. The van der Waals surface area contributed by atoms with E-state index in [4.69, 9.17) is 5.73 Å². The van der Waals surface area contributed by atoms with Crippen LogP contribution in [0, 0.1) is 12.7 Å². The van der Waals surface area contributed by atoms with E-state index in [9.17, 15) is 4.39 Å². The van der Waals surface area contributed by atoms with Gasteiger partial charge in [-0.15, -0.1) is 0 Å². The van der Waals surface area contributed by atoms with E-state index in [0.29, 0.717) is 16.4 Å². The highest BCUT2D eigenvalue weighted by Gasteiger charge is 2.06. The summed E-state index contributed by atoms with van der Waals surface area (Å²) in [6.07, 6.45) is 3.04. The van der Waals surface area contributed by atoms with E-state index < -0.39 is 0 Å². The predicted octanol–water partition coefficient (Wildman–Crippen LogP) is 2.63. The van der Waals surface area contributed by atoms with E-state index in [1.165, 1.54) is 12.4 Å². The molecule has 0 aliphatic carbocycles. The van der Waals surface area contributed by atoms with Crippen molar-refractivity contribution in [3.63, 3.8) is 0 Å². The molecule has 1 aromatic heterocycles. The fourth-order valence-electron chi connectivity index (χ4n) is 1.21. The molecule has 0 amide bonds. The Hall–Kier alpha value is -1.82. The summed E-state index contributed by atoms with van der Waals surface area (Å²) in [5, 5.41) is 0. The van der Waals surface area contributed by atoms with Crippen molar-refractivity contribution < 1.29 is 4.39 Å². The smallest absolute Gasteiger partial charge is 0.140 e. The van der Waals surface area contributed by atoms with Gasteiger partial charge in [0.05, 0.1) is 4.90 Å². The maximum absolute atomic E-state index is 13.6. The number of benzene rings is 1. The number of nitrogens with one attached hydrogen (secondary N) is 1.